The van der Waals surface area contributed by atoms with Gasteiger partial charge in [0.2, 0.25) is 15.9 Å². The molecule has 1 unspecified atom stereocenters. The van der Waals surface area contributed by atoms with Crippen LogP contribution in [-0.2, 0) is 14.8 Å². The van der Waals surface area contributed by atoms with Crippen LogP contribution in [0.25, 0.3) is 0 Å². The van der Waals surface area contributed by atoms with Gasteiger partial charge in [0.25, 0.3) is 0 Å². The summed E-state index contributed by atoms with van der Waals surface area (Å²) in [5, 5.41) is 4.94. The molecule has 0 aliphatic carbocycles. The summed E-state index contributed by atoms with van der Waals surface area (Å²) >= 11 is 3.07. The fraction of sp³-hybridized carbons (Fsp3) is 0.400. The largest absolute Gasteiger partial charge is 0.294 e. The summed E-state index contributed by atoms with van der Waals surface area (Å²) in [4.78, 5) is 16.8. The molecule has 1 aliphatic heterocycles. The maximum atomic E-state index is 13.7. The third-order valence-electron chi connectivity index (χ3n) is 2.72. The second kappa shape index (κ2) is 5.14. The molecule has 1 aromatic heterocycles. The van der Waals surface area contributed by atoms with Crippen LogP contribution in [0.5, 0.6) is 0 Å². The number of primary sulfonamides is 1. The van der Waals surface area contributed by atoms with Gasteiger partial charge in [-0.1, -0.05) is 0 Å². The Hall–Kier alpha value is -1.06. The van der Waals surface area contributed by atoms with Gasteiger partial charge in [-0.3, -0.25) is 9.69 Å². The van der Waals surface area contributed by atoms with E-state index >= 15 is 0 Å². The summed E-state index contributed by atoms with van der Waals surface area (Å²) in [5.41, 5.74) is 0. The van der Waals surface area contributed by atoms with Crippen molar-refractivity contribution in [3.05, 3.63) is 22.6 Å². The number of aromatic nitrogens is 1. The third-order valence-corrected chi connectivity index (χ3v) is 4.09. The number of sulfonamides is 1. The minimum Gasteiger partial charge on any atom is -0.294 e. The first-order valence-corrected chi connectivity index (χ1v) is 7.89. The number of carbonyl (C=O) groups is 1. The van der Waals surface area contributed by atoms with Gasteiger partial charge in [-0.2, -0.15) is 0 Å². The molecule has 1 aromatic rings. The molecule has 0 radical (unpaired) electrons. The number of hydrogen-bond acceptors (Lipinski definition) is 4. The summed E-state index contributed by atoms with van der Waals surface area (Å²) in [6.45, 7) is 0.0980. The van der Waals surface area contributed by atoms with E-state index in [4.69, 9.17) is 5.14 Å². The van der Waals surface area contributed by atoms with Crippen molar-refractivity contribution < 1.29 is 17.6 Å². The summed E-state index contributed by atoms with van der Waals surface area (Å²) in [5.74, 6) is -1.83. The minimum atomic E-state index is -3.65. The molecule has 1 aliphatic rings. The van der Waals surface area contributed by atoms with Gasteiger partial charge in [-0.25, -0.2) is 22.9 Å². The van der Waals surface area contributed by atoms with Crippen LogP contribution in [0.2, 0.25) is 0 Å². The Balaban J connectivity index is 2.20. The Morgan fingerprint density at radius 3 is 2.84 bits per heavy atom. The highest BCUT2D eigenvalue weighted by atomic mass is 79.9. The van der Waals surface area contributed by atoms with Gasteiger partial charge >= 0.3 is 0 Å². The molecule has 0 spiro atoms. The zero-order valence-corrected chi connectivity index (χ0v) is 12.1. The van der Waals surface area contributed by atoms with Gasteiger partial charge in [0.05, 0.1) is 5.75 Å². The van der Waals surface area contributed by atoms with E-state index in [2.05, 4.69) is 20.9 Å². The second-order valence-electron chi connectivity index (χ2n) is 4.36. The first-order chi connectivity index (χ1) is 8.76. The van der Waals surface area contributed by atoms with E-state index in [1.165, 1.54) is 12.3 Å². The monoisotopic (exact) mass is 351 g/mol. The van der Waals surface area contributed by atoms with Crippen molar-refractivity contribution in [2.75, 3.05) is 17.2 Å². The Bertz CT molecular complexity index is 622. The average Bonchev–Trinajstić information content (AvgIpc) is 2.56. The molecule has 9 heteroatoms. The number of nitrogens with zero attached hydrogens (tertiary/aromatic N) is 2. The fourth-order valence-electron chi connectivity index (χ4n) is 2.03. The Kier molecular flexibility index (Phi) is 3.88. The Labute approximate surface area is 118 Å². The number of amides is 1. The lowest BCUT2D eigenvalue weighted by atomic mass is 10.1. The zero-order chi connectivity index (χ0) is 14.2. The van der Waals surface area contributed by atoms with E-state index in [0.717, 1.165) is 4.90 Å². The van der Waals surface area contributed by atoms with E-state index in [1.54, 1.807) is 0 Å². The SMILES string of the molecule is NS(=O)(=O)CC1CC(=O)N(c2ncc(Br)cc2F)C1. The van der Waals surface area contributed by atoms with Crippen LogP contribution in [-0.4, -0.2) is 31.6 Å². The maximum absolute atomic E-state index is 13.7. The maximum Gasteiger partial charge on any atom is 0.228 e. The molecule has 0 aromatic carbocycles. The molecule has 0 bridgehead atoms. The predicted molar refractivity (Wildman–Crippen MR) is 70.3 cm³/mol. The number of pyridine rings is 1. The van der Waals surface area contributed by atoms with Crippen LogP contribution in [0.4, 0.5) is 10.2 Å². The predicted octanol–water partition coefficient (Wildman–Crippen LogP) is 0.625. The molecule has 0 saturated carbocycles. The van der Waals surface area contributed by atoms with Crippen LogP contribution in [0.1, 0.15) is 6.42 Å². The lowest BCUT2D eigenvalue weighted by molar-refractivity contribution is -0.117. The summed E-state index contributed by atoms with van der Waals surface area (Å²) < 4.78 is 36.2. The first-order valence-electron chi connectivity index (χ1n) is 5.38. The van der Waals surface area contributed by atoms with E-state index < -0.39 is 21.8 Å². The normalized spacial score (nSPS) is 20.1. The molecule has 6 nitrogen and oxygen atoms in total. The van der Waals surface area contributed by atoms with Crippen LogP contribution in [0, 0.1) is 11.7 Å². The van der Waals surface area contributed by atoms with Gasteiger partial charge in [-0.15, -0.1) is 0 Å². The molecule has 1 saturated heterocycles. The molecule has 19 heavy (non-hydrogen) atoms. The molecule has 1 fully saturated rings. The van der Waals surface area contributed by atoms with Crippen molar-refractivity contribution in [3.63, 3.8) is 0 Å². The van der Waals surface area contributed by atoms with E-state index in [9.17, 15) is 17.6 Å². The topological polar surface area (TPSA) is 93.4 Å². The Morgan fingerprint density at radius 1 is 1.58 bits per heavy atom. The van der Waals surface area contributed by atoms with Crippen LogP contribution >= 0.6 is 15.9 Å². The van der Waals surface area contributed by atoms with E-state index in [-0.39, 0.29) is 30.4 Å². The van der Waals surface area contributed by atoms with E-state index in [1.807, 2.05) is 0 Å². The molecule has 2 rings (SSSR count). The quantitative estimate of drug-likeness (QED) is 0.863. The number of halogens is 2. The summed E-state index contributed by atoms with van der Waals surface area (Å²) in [7, 11) is -3.65. The van der Waals surface area contributed by atoms with Gasteiger partial charge in [-0.05, 0) is 22.0 Å². The van der Waals surface area contributed by atoms with Crippen LogP contribution in [0.3, 0.4) is 0 Å². The number of rotatable bonds is 3. The van der Waals surface area contributed by atoms with Crippen molar-refractivity contribution in [2.45, 2.75) is 6.42 Å². The average molecular weight is 352 g/mol. The number of nitrogens with two attached hydrogens (primary N) is 1. The van der Waals surface area contributed by atoms with Gasteiger partial charge in [0, 0.05) is 29.6 Å². The van der Waals surface area contributed by atoms with Crippen molar-refractivity contribution in [2.24, 2.45) is 11.1 Å². The van der Waals surface area contributed by atoms with Gasteiger partial charge in [0.15, 0.2) is 11.6 Å². The highest BCUT2D eigenvalue weighted by molar-refractivity contribution is 9.10. The lowest BCUT2D eigenvalue weighted by Crippen LogP contribution is -2.28. The van der Waals surface area contributed by atoms with E-state index in [0.29, 0.717) is 4.47 Å². The molecular weight excluding hydrogens is 341 g/mol. The van der Waals surface area contributed by atoms with Crippen LogP contribution in [0.15, 0.2) is 16.7 Å². The van der Waals surface area contributed by atoms with Gasteiger partial charge in [0.1, 0.15) is 0 Å². The zero-order valence-electron chi connectivity index (χ0n) is 9.71. The molecule has 2 N–H and O–H groups in total. The minimum absolute atomic E-state index is 0.0214. The Morgan fingerprint density at radius 2 is 2.26 bits per heavy atom. The summed E-state index contributed by atoms with van der Waals surface area (Å²) in [6.07, 6.45) is 1.40. The summed E-state index contributed by atoms with van der Waals surface area (Å²) in [6, 6.07) is 1.20. The molecule has 104 valence electrons. The molecule has 2 heterocycles. The van der Waals surface area contributed by atoms with Crippen LogP contribution < -0.4 is 10.0 Å². The lowest BCUT2D eigenvalue weighted by Gasteiger charge is -2.16. The first kappa shape index (κ1) is 14.4. The highest BCUT2D eigenvalue weighted by Crippen LogP contribution is 2.27. The molecule has 1 atom stereocenters. The van der Waals surface area contributed by atoms with Crippen molar-refractivity contribution in [1.29, 1.82) is 0 Å². The van der Waals surface area contributed by atoms with Crippen molar-refractivity contribution in [3.8, 4) is 0 Å². The highest BCUT2D eigenvalue weighted by Gasteiger charge is 2.34. The second-order valence-corrected chi connectivity index (χ2v) is 6.94. The molecular formula is C10H11BrFN3O3S. The smallest absolute Gasteiger partial charge is 0.228 e. The third kappa shape index (κ3) is 3.48. The number of anilines is 1. The standard InChI is InChI=1S/C10H11BrFN3O3S/c11-7-2-8(12)10(14-3-7)15-4-6(1-9(15)16)5-19(13,17)18/h2-3,6H,1,4-5H2,(H2,13,17,18). The fourth-order valence-corrected chi connectivity index (χ4v) is 3.22. The molecule has 1 amide bonds. The van der Waals surface area contributed by atoms with Crippen molar-refractivity contribution in [1.82, 2.24) is 4.98 Å². The number of hydrogen-bond donors (Lipinski definition) is 1. The van der Waals surface area contributed by atoms with Gasteiger partial charge < -0.3 is 0 Å². The number of carbonyl (C=O) groups excluding carboxylic acids is 1. The van der Waals surface area contributed by atoms with Crippen molar-refractivity contribution >= 4 is 37.7 Å².